The molecule has 0 spiro atoms. The number of hydrogen-bond acceptors (Lipinski definition) is 2. The molecule has 1 atom stereocenters. The summed E-state index contributed by atoms with van der Waals surface area (Å²) >= 11 is 0. The van der Waals surface area contributed by atoms with Crippen molar-refractivity contribution >= 4 is 0 Å². The summed E-state index contributed by atoms with van der Waals surface area (Å²) in [6.07, 6.45) is 6.60. The molecule has 0 heterocycles. The van der Waals surface area contributed by atoms with Gasteiger partial charge in [-0.25, -0.2) is 0 Å². The van der Waals surface area contributed by atoms with Crippen LogP contribution < -0.4 is 5.32 Å². The molecule has 1 aliphatic carbocycles. The Morgan fingerprint density at radius 1 is 1.47 bits per heavy atom. The highest BCUT2D eigenvalue weighted by atomic mass is 16.5. The van der Waals surface area contributed by atoms with Gasteiger partial charge in [-0.2, -0.15) is 0 Å². The van der Waals surface area contributed by atoms with Crippen molar-refractivity contribution in [2.45, 2.75) is 46.5 Å². The second kappa shape index (κ2) is 7.24. The summed E-state index contributed by atoms with van der Waals surface area (Å²) < 4.78 is 5.26. The predicted octanol–water partition coefficient (Wildman–Crippen LogP) is 3.77. The SMILES string of the molecule is CCCN/C(=C(/C)CCC)C1C=C=C(OC)C1. The van der Waals surface area contributed by atoms with E-state index in [1.165, 1.54) is 24.1 Å². The molecule has 0 radical (unpaired) electrons. The summed E-state index contributed by atoms with van der Waals surface area (Å²) in [5, 5.41) is 3.58. The van der Waals surface area contributed by atoms with Crippen molar-refractivity contribution in [2.24, 2.45) is 5.92 Å². The highest BCUT2D eigenvalue weighted by Crippen LogP contribution is 2.27. The maximum absolute atomic E-state index is 5.26. The molecule has 17 heavy (non-hydrogen) atoms. The number of ether oxygens (including phenoxy) is 1. The van der Waals surface area contributed by atoms with Crippen LogP contribution in [0, 0.1) is 5.92 Å². The second-order valence-electron chi connectivity index (χ2n) is 4.62. The summed E-state index contributed by atoms with van der Waals surface area (Å²) in [6.45, 7) is 7.70. The van der Waals surface area contributed by atoms with Crippen LogP contribution in [0.15, 0.2) is 28.8 Å². The van der Waals surface area contributed by atoms with Gasteiger partial charge < -0.3 is 10.1 Å². The Labute approximate surface area is 105 Å². The van der Waals surface area contributed by atoms with Crippen LogP contribution in [-0.2, 0) is 4.74 Å². The fraction of sp³-hybridized carbons (Fsp3) is 0.667. The first-order valence-corrected chi connectivity index (χ1v) is 6.66. The number of allylic oxidation sites excluding steroid dienone is 2. The smallest absolute Gasteiger partial charge is 0.138 e. The molecule has 0 saturated heterocycles. The standard InChI is InChI=1S/C15H25NO/c1-5-7-12(3)15(16-10-6-2)13-8-9-14(11-13)17-4/h8,13,16H,5-7,10-11H2,1-4H3/b15-12-. The van der Waals surface area contributed by atoms with E-state index in [-0.39, 0.29) is 0 Å². The molecule has 1 unspecified atom stereocenters. The topological polar surface area (TPSA) is 21.3 Å². The normalized spacial score (nSPS) is 20.0. The van der Waals surface area contributed by atoms with Crippen LogP contribution in [-0.4, -0.2) is 13.7 Å². The second-order valence-corrected chi connectivity index (χ2v) is 4.62. The molecule has 96 valence electrons. The zero-order valence-electron chi connectivity index (χ0n) is 11.6. The van der Waals surface area contributed by atoms with E-state index in [1.807, 2.05) is 0 Å². The largest absolute Gasteiger partial charge is 0.493 e. The molecular formula is C15H25NO. The molecule has 0 fully saturated rings. The van der Waals surface area contributed by atoms with Crippen molar-refractivity contribution < 1.29 is 4.74 Å². The maximum Gasteiger partial charge on any atom is 0.138 e. The monoisotopic (exact) mass is 235 g/mol. The van der Waals surface area contributed by atoms with Gasteiger partial charge in [0.15, 0.2) is 0 Å². The zero-order chi connectivity index (χ0) is 12.7. The van der Waals surface area contributed by atoms with E-state index in [2.05, 4.69) is 37.9 Å². The summed E-state index contributed by atoms with van der Waals surface area (Å²) in [7, 11) is 1.72. The molecule has 1 N–H and O–H groups in total. The van der Waals surface area contributed by atoms with Crippen molar-refractivity contribution in [1.82, 2.24) is 5.32 Å². The lowest BCUT2D eigenvalue weighted by molar-refractivity contribution is 0.275. The highest BCUT2D eigenvalue weighted by Gasteiger charge is 2.19. The van der Waals surface area contributed by atoms with Gasteiger partial charge in [-0.3, -0.25) is 0 Å². The molecular weight excluding hydrogens is 210 g/mol. The van der Waals surface area contributed by atoms with Crippen LogP contribution in [0.25, 0.3) is 0 Å². The molecule has 0 aliphatic heterocycles. The third-order valence-electron chi connectivity index (χ3n) is 3.12. The Balaban J connectivity index is 2.72. The van der Waals surface area contributed by atoms with Crippen LogP contribution in [0.4, 0.5) is 0 Å². The third kappa shape index (κ3) is 3.98. The first-order chi connectivity index (χ1) is 8.22. The van der Waals surface area contributed by atoms with Gasteiger partial charge in [0, 0.05) is 24.6 Å². The van der Waals surface area contributed by atoms with Crippen LogP contribution >= 0.6 is 0 Å². The van der Waals surface area contributed by atoms with E-state index in [9.17, 15) is 0 Å². The minimum absolute atomic E-state index is 0.433. The molecule has 0 saturated carbocycles. The lowest BCUT2D eigenvalue weighted by atomic mass is 9.97. The van der Waals surface area contributed by atoms with Gasteiger partial charge in [0.2, 0.25) is 0 Å². The minimum atomic E-state index is 0.433. The highest BCUT2D eigenvalue weighted by molar-refractivity contribution is 5.24. The Kier molecular flexibility index (Phi) is 5.93. The van der Waals surface area contributed by atoms with Crippen molar-refractivity contribution in [3.05, 3.63) is 28.8 Å². The van der Waals surface area contributed by atoms with E-state index in [0.29, 0.717) is 5.92 Å². The predicted molar refractivity (Wildman–Crippen MR) is 72.6 cm³/mol. The Bertz CT molecular complexity index is 335. The van der Waals surface area contributed by atoms with Crippen molar-refractivity contribution in [2.75, 3.05) is 13.7 Å². The molecule has 0 amide bonds. The first-order valence-electron chi connectivity index (χ1n) is 6.66. The minimum Gasteiger partial charge on any atom is -0.493 e. The van der Waals surface area contributed by atoms with Crippen LogP contribution in [0.5, 0.6) is 0 Å². The summed E-state index contributed by atoms with van der Waals surface area (Å²) in [4.78, 5) is 0. The van der Waals surface area contributed by atoms with Crippen molar-refractivity contribution in [3.63, 3.8) is 0 Å². The van der Waals surface area contributed by atoms with Crippen LogP contribution in [0.1, 0.15) is 46.5 Å². The van der Waals surface area contributed by atoms with Crippen LogP contribution in [0.3, 0.4) is 0 Å². The van der Waals surface area contributed by atoms with Gasteiger partial charge in [-0.05, 0) is 25.8 Å². The molecule has 2 nitrogen and oxygen atoms in total. The Morgan fingerprint density at radius 2 is 2.24 bits per heavy atom. The van der Waals surface area contributed by atoms with E-state index in [0.717, 1.165) is 25.1 Å². The molecule has 0 aromatic carbocycles. The molecule has 0 aromatic rings. The van der Waals surface area contributed by atoms with E-state index in [4.69, 9.17) is 4.74 Å². The Morgan fingerprint density at radius 3 is 2.76 bits per heavy atom. The molecule has 0 bridgehead atoms. The molecule has 1 rings (SSSR count). The zero-order valence-corrected chi connectivity index (χ0v) is 11.6. The van der Waals surface area contributed by atoms with E-state index in [1.54, 1.807) is 7.11 Å². The number of rotatable bonds is 7. The van der Waals surface area contributed by atoms with Crippen LogP contribution in [0.2, 0.25) is 0 Å². The van der Waals surface area contributed by atoms with Gasteiger partial charge in [0.25, 0.3) is 0 Å². The lowest BCUT2D eigenvalue weighted by Gasteiger charge is -2.19. The number of methoxy groups -OCH3 is 1. The van der Waals surface area contributed by atoms with Gasteiger partial charge in [0.05, 0.1) is 7.11 Å². The van der Waals surface area contributed by atoms with Gasteiger partial charge in [-0.1, -0.05) is 31.6 Å². The third-order valence-corrected chi connectivity index (χ3v) is 3.12. The Hall–Kier alpha value is -1.14. The average Bonchev–Trinajstić information content (AvgIpc) is 2.78. The summed E-state index contributed by atoms with van der Waals surface area (Å²) in [5.74, 6) is 1.40. The number of hydrogen-bond donors (Lipinski definition) is 1. The van der Waals surface area contributed by atoms with Gasteiger partial charge >= 0.3 is 0 Å². The van der Waals surface area contributed by atoms with Crippen molar-refractivity contribution in [1.29, 1.82) is 0 Å². The fourth-order valence-corrected chi connectivity index (χ4v) is 2.21. The first kappa shape index (κ1) is 13.9. The maximum atomic E-state index is 5.26. The van der Waals surface area contributed by atoms with E-state index < -0.39 is 0 Å². The summed E-state index contributed by atoms with van der Waals surface area (Å²) in [6, 6.07) is 0. The number of nitrogens with one attached hydrogen (secondary N) is 1. The lowest BCUT2D eigenvalue weighted by Crippen LogP contribution is -2.21. The quantitative estimate of drug-likeness (QED) is 0.678. The molecule has 1 aliphatic rings. The fourth-order valence-electron chi connectivity index (χ4n) is 2.21. The van der Waals surface area contributed by atoms with Crippen molar-refractivity contribution in [3.8, 4) is 0 Å². The van der Waals surface area contributed by atoms with E-state index >= 15 is 0 Å². The summed E-state index contributed by atoms with van der Waals surface area (Å²) in [5.41, 5.74) is 6.06. The van der Waals surface area contributed by atoms with Gasteiger partial charge in [0.1, 0.15) is 5.76 Å². The van der Waals surface area contributed by atoms with Gasteiger partial charge in [-0.15, -0.1) is 0 Å². The molecule has 2 heteroatoms. The average molecular weight is 235 g/mol. The molecule has 0 aromatic heterocycles.